The van der Waals surface area contributed by atoms with Crippen molar-refractivity contribution in [3.63, 3.8) is 0 Å². The maximum absolute atomic E-state index is 13.1. The van der Waals surface area contributed by atoms with Crippen LogP contribution in [0.4, 0.5) is 8.78 Å². The third-order valence-corrected chi connectivity index (χ3v) is 3.21. The number of methoxy groups -OCH3 is 1. The van der Waals surface area contributed by atoms with Crippen LogP contribution in [0, 0.1) is 11.6 Å². The fourth-order valence-electron chi connectivity index (χ4n) is 0.737. The molecular formula is C7H4Br2F2O. The zero-order valence-corrected chi connectivity index (χ0v) is 9.17. The number of hydrogen-bond donors (Lipinski definition) is 0. The minimum atomic E-state index is -0.746. The fraction of sp³-hybridized carbons (Fsp3) is 0.143. The minimum Gasteiger partial charge on any atom is -0.491 e. The van der Waals surface area contributed by atoms with E-state index >= 15 is 0 Å². The second-order valence-electron chi connectivity index (χ2n) is 2.00. The van der Waals surface area contributed by atoms with Crippen LogP contribution in [-0.2, 0) is 0 Å². The standard InChI is InChI=1S/C7H4Br2F2O/c1-12-7-4(10)2-3(8)5(9)6(7)11/h2H,1H3. The molecular weight excluding hydrogens is 298 g/mol. The summed E-state index contributed by atoms with van der Waals surface area (Å²) in [7, 11) is 1.21. The third-order valence-electron chi connectivity index (χ3n) is 1.28. The van der Waals surface area contributed by atoms with Crippen molar-refractivity contribution in [3.8, 4) is 5.75 Å². The van der Waals surface area contributed by atoms with Crippen LogP contribution in [0.5, 0.6) is 5.75 Å². The predicted molar refractivity (Wildman–Crippen MR) is 48.3 cm³/mol. The summed E-state index contributed by atoms with van der Waals surface area (Å²) in [6, 6.07) is 1.13. The lowest BCUT2D eigenvalue weighted by Crippen LogP contribution is -1.94. The molecule has 1 aromatic rings. The monoisotopic (exact) mass is 300 g/mol. The van der Waals surface area contributed by atoms with Crippen molar-refractivity contribution in [1.29, 1.82) is 0 Å². The van der Waals surface area contributed by atoms with Gasteiger partial charge in [0.15, 0.2) is 17.4 Å². The summed E-state index contributed by atoms with van der Waals surface area (Å²) in [4.78, 5) is 0. The Kier molecular flexibility index (Phi) is 3.06. The van der Waals surface area contributed by atoms with Gasteiger partial charge in [-0.05, 0) is 37.9 Å². The first kappa shape index (κ1) is 9.92. The Labute approximate surface area is 85.0 Å². The van der Waals surface area contributed by atoms with Crippen LogP contribution in [0.25, 0.3) is 0 Å². The SMILES string of the molecule is COc1c(F)cc(Br)c(Br)c1F. The highest BCUT2D eigenvalue weighted by Crippen LogP contribution is 2.34. The predicted octanol–water partition coefficient (Wildman–Crippen LogP) is 3.50. The van der Waals surface area contributed by atoms with E-state index < -0.39 is 11.6 Å². The molecule has 0 aliphatic rings. The van der Waals surface area contributed by atoms with Gasteiger partial charge in [0, 0.05) is 4.47 Å². The molecule has 0 aliphatic carbocycles. The summed E-state index contributed by atoms with van der Waals surface area (Å²) in [6.45, 7) is 0. The van der Waals surface area contributed by atoms with Gasteiger partial charge in [0.05, 0.1) is 11.6 Å². The number of halogens is 4. The summed E-state index contributed by atoms with van der Waals surface area (Å²) >= 11 is 5.91. The molecule has 0 saturated carbocycles. The first-order chi connectivity index (χ1) is 5.57. The van der Waals surface area contributed by atoms with Gasteiger partial charge in [-0.25, -0.2) is 8.78 Å². The van der Waals surface area contributed by atoms with Gasteiger partial charge in [-0.2, -0.15) is 0 Å². The zero-order chi connectivity index (χ0) is 9.30. The largest absolute Gasteiger partial charge is 0.491 e. The second-order valence-corrected chi connectivity index (χ2v) is 3.65. The quantitative estimate of drug-likeness (QED) is 0.570. The zero-order valence-electron chi connectivity index (χ0n) is 6.00. The summed E-state index contributed by atoms with van der Waals surface area (Å²) < 4.78 is 30.9. The lowest BCUT2D eigenvalue weighted by molar-refractivity contribution is 0.358. The van der Waals surface area contributed by atoms with Crippen molar-refractivity contribution in [2.75, 3.05) is 7.11 Å². The number of hydrogen-bond acceptors (Lipinski definition) is 1. The van der Waals surface area contributed by atoms with Crippen molar-refractivity contribution in [2.45, 2.75) is 0 Å². The first-order valence-corrected chi connectivity index (χ1v) is 4.53. The summed E-state index contributed by atoms with van der Waals surface area (Å²) in [5, 5.41) is 0. The molecule has 66 valence electrons. The highest BCUT2D eigenvalue weighted by molar-refractivity contribution is 9.13. The molecule has 0 amide bonds. The lowest BCUT2D eigenvalue weighted by Gasteiger charge is -2.05. The summed E-state index contributed by atoms with van der Waals surface area (Å²) in [5.41, 5.74) is 0. The Morgan fingerprint density at radius 3 is 2.42 bits per heavy atom. The van der Waals surface area contributed by atoms with Crippen molar-refractivity contribution in [3.05, 3.63) is 26.6 Å². The molecule has 5 heteroatoms. The van der Waals surface area contributed by atoms with Crippen molar-refractivity contribution >= 4 is 31.9 Å². The third kappa shape index (κ3) is 1.61. The van der Waals surface area contributed by atoms with E-state index in [0.29, 0.717) is 4.47 Å². The van der Waals surface area contributed by atoms with E-state index in [9.17, 15) is 8.78 Å². The summed E-state index contributed by atoms with van der Waals surface area (Å²) in [5.74, 6) is -1.86. The van der Waals surface area contributed by atoms with E-state index in [-0.39, 0.29) is 10.2 Å². The maximum atomic E-state index is 13.1. The molecule has 0 aliphatic heterocycles. The van der Waals surface area contributed by atoms with E-state index in [4.69, 9.17) is 0 Å². The van der Waals surface area contributed by atoms with Crippen LogP contribution < -0.4 is 4.74 Å². The van der Waals surface area contributed by atoms with Crippen LogP contribution in [0.3, 0.4) is 0 Å². The molecule has 0 unspecified atom stereocenters. The van der Waals surface area contributed by atoms with E-state index in [1.807, 2.05) is 0 Å². The van der Waals surface area contributed by atoms with Gasteiger partial charge >= 0.3 is 0 Å². The van der Waals surface area contributed by atoms with Gasteiger partial charge in [-0.3, -0.25) is 0 Å². The van der Waals surface area contributed by atoms with Gasteiger partial charge < -0.3 is 4.74 Å². The van der Waals surface area contributed by atoms with Crippen LogP contribution in [-0.4, -0.2) is 7.11 Å². The van der Waals surface area contributed by atoms with E-state index in [2.05, 4.69) is 36.6 Å². The topological polar surface area (TPSA) is 9.23 Å². The molecule has 0 atom stereocenters. The molecule has 1 rings (SSSR count). The Morgan fingerprint density at radius 2 is 1.92 bits per heavy atom. The highest BCUT2D eigenvalue weighted by Gasteiger charge is 2.15. The van der Waals surface area contributed by atoms with Crippen LogP contribution in [0.2, 0.25) is 0 Å². The maximum Gasteiger partial charge on any atom is 0.191 e. The molecule has 1 aromatic carbocycles. The Morgan fingerprint density at radius 1 is 1.33 bits per heavy atom. The highest BCUT2D eigenvalue weighted by atomic mass is 79.9. The van der Waals surface area contributed by atoms with Gasteiger partial charge in [0.1, 0.15) is 0 Å². The summed E-state index contributed by atoms with van der Waals surface area (Å²) in [6.07, 6.45) is 0. The van der Waals surface area contributed by atoms with Crippen LogP contribution >= 0.6 is 31.9 Å². The average Bonchev–Trinajstić information content (AvgIpc) is 2.01. The molecule has 12 heavy (non-hydrogen) atoms. The number of benzene rings is 1. The van der Waals surface area contributed by atoms with Crippen LogP contribution in [0.15, 0.2) is 15.0 Å². The fourth-order valence-corrected chi connectivity index (χ4v) is 1.41. The minimum absolute atomic E-state index is 0.153. The second kappa shape index (κ2) is 3.70. The molecule has 1 nitrogen and oxygen atoms in total. The lowest BCUT2D eigenvalue weighted by atomic mass is 10.3. The van der Waals surface area contributed by atoms with E-state index in [1.165, 1.54) is 7.11 Å². The Hall–Kier alpha value is -0.160. The van der Waals surface area contributed by atoms with Crippen LogP contribution in [0.1, 0.15) is 0 Å². The molecule has 0 N–H and O–H groups in total. The Balaban J connectivity index is 3.40. The first-order valence-electron chi connectivity index (χ1n) is 2.95. The molecule has 0 spiro atoms. The van der Waals surface area contributed by atoms with Crippen molar-refractivity contribution in [2.24, 2.45) is 0 Å². The van der Waals surface area contributed by atoms with E-state index in [1.54, 1.807) is 0 Å². The van der Waals surface area contributed by atoms with E-state index in [0.717, 1.165) is 6.07 Å². The number of ether oxygens (including phenoxy) is 1. The molecule has 0 saturated heterocycles. The van der Waals surface area contributed by atoms with Crippen molar-refractivity contribution < 1.29 is 13.5 Å². The molecule has 0 fully saturated rings. The molecule has 0 aromatic heterocycles. The van der Waals surface area contributed by atoms with Gasteiger partial charge in [-0.15, -0.1) is 0 Å². The van der Waals surface area contributed by atoms with Crippen molar-refractivity contribution in [1.82, 2.24) is 0 Å². The molecule has 0 radical (unpaired) electrons. The molecule has 0 bridgehead atoms. The molecule has 0 heterocycles. The van der Waals surface area contributed by atoms with Gasteiger partial charge in [0.2, 0.25) is 0 Å². The Bertz CT molecular complexity index is 315. The van der Waals surface area contributed by atoms with Gasteiger partial charge in [-0.1, -0.05) is 0 Å². The average molecular weight is 302 g/mol. The normalized spacial score (nSPS) is 10.1. The van der Waals surface area contributed by atoms with Gasteiger partial charge in [0.25, 0.3) is 0 Å². The number of rotatable bonds is 1. The smallest absolute Gasteiger partial charge is 0.191 e.